The molecule has 0 saturated heterocycles. The first-order valence-electron chi connectivity index (χ1n) is 14.7. The molecule has 10 heteroatoms. The maximum absolute atomic E-state index is 10.7. The summed E-state index contributed by atoms with van der Waals surface area (Å²) in [6.07, 6.45) is 23.9. The SMILES string of the molecule is CCCCCCCCCCCCCCCCCCc1ccc(C[S+](CCO)CCO)cc1.F[P-](F)(F)(F)(F)F. The number of unbranched alkanes of at least 4 members (excludes halogenated alkanes) is 15. The van der Waals surface area contributed by atoms with Gasteiger partial charge in [0.2, 0.25) is 0 Å². The fourth-order valence-corrected chi connectivity index (χ4v) is 6.09. The van der Waals surface area contributed by atoms with Gasteiger partial charge in [0.25, 0.3) is 0 Å². The molecule has 0 atom stereocenters. The molecule has 0 aliphatic carbocycles. The third-order valence-corrected chi connectivity index (χ3v) is 8.73. The molecule has 1 aromatic carbocycles. The Kier molecular flexibility index (Phi) is 20.1. The Hall–Kier alpha value is -0.500. The van der Waals surface area contributed by atoms with Gasteiger partial charge in [0, 0.05) is 5.56 Å². The molecule has 0 aromatic heterocycles. The van der Waals surface area contributed by atoms with Crippen molar-refractivity contribution in [1.29, 1.82) is 0 Å². The number of rotatable bonds is 23. The van der Waals surface area contributed by atoms with Crippen LogP contribution in [0.2, 0.25) is 0 Å². The third kappa shape index (κ3) is 33.6. The Balaban J connectivity index is 0.00000181. The van der Waals surface area contributed by atoms with E-state index in [0.29, 0.717) is 0 Å². The summed E-state index contributed by atoms with van der Waals surface area (Å²) in [5.74, 6) is 2.60. The molecule has 0 radical (unpaired) electrons. The van der Waals surface area contributed by atoms with Crippen molar-refractivity contribution in [3.8, 4) is 0 Å². The van der Waals surface area contributed by atoms with Crippen molar-refractivity contribution in [1.82, 2.24) is 0 Å². The molecule has 0 unspecified atom stereocenters. The molecule has 0 fully saturated rings. The van der Waals surface area contributed by atoms with Gasteiger partial charge in [-0.1, -0.05) is 128 Å². The van der Waals surface area contributed by atoms with E-state index in [4.69, 9.17) is 0 Å². The van der Waals surface area contributed by atoms with Gasteiger partial charge in [-0.3, -0.25) is 0 Å². The molecule has 0 aliphatic rings. The Morgan fingerprint density at radius 3 is 1.18 bits per heavy atom. The number of benzene rings is 1. The second kappa shape index (κ2) is 20.4. The molecule has 2 nitrogen and oxygen atoms in total. The van der Waals surface area contributed by atoms with Gasteiger partial charge in [0.15, 0.2) is 0 Å². The maximum atomic E-state index is 9.87. The van der Waals surface area contributed by atoms with E-state index in [1.54, 1.807) is 0 Å². The third-order valence-electron chi connectivity index (χ3n) is 6.47. The van der Waals surface area contributed by atoms with Crippen LogP contribution in [0.5, 0.6) is 0 Å². The molecule has 2 N–H and O–H groups in total. The van der Waals surface area contributed by atoms with E-state index in [2.05, 4.69) is 31.2 Å². The number of hydrogen-bond donors (Lipinski definition) is 2. The van der Waals surface area contributed by atoms with Crippen LogP contribution in [0.3, 0.4) is 0 Å². The van der Waals surface area contributed by atoms with Crippen molar-refractivity contribution in [3.63, 3.8) is 0 Å². The molecule has 39 heavy (non-hydrogen) atoms. The zero-order valence-corrected chi connectivity index (χ0v) is 25.6. The van der Waals surface area contributed by atoms with E-state index >= 15 is 0 Å². The standard InChI is InChI=1S/C29H53O2S.F6P/c1-2-3-4-5-6-7-8-9-10-11-12-13-14-15-16-17-18-28-19-21-29(22-20-28)27-32(25-23-30)26-24-31;1-7(2,3,4,5)6/h19-22,30-31H,2-18,23-27H2,1H3;/q+1;-1. The Bertz CT molecular complexity index is 684. The van der Waals surface area contributed by atoms with Crippen molar-refractivity contribution < 1.29 is 35.4 Å². The van der Waals surface area contributed by atoms with Crippen molar-refractivity contribution >= 4 is 18.7 Å². The Morgan fingerprint density at radius 2 is 0.846 bits per heavy atom. The Morgan fingerprint density at radius 1 is 0.538 bits per heavy atom. The molecule has 0 spiro atoms. The van der Waals surface area contributed by atoms with Crippen molar-refractivity contribution in [2.24, 2.45) is 0 Å². The molecule has 234 valence electrons. The number of aryl methyl sites for hydroxylation is 1. The van der Waals surface area contributed by atoms with E-state index in [1.165, 1.54) is 120 Å². The van der Waals surface area contributed by atoms with Crippen LogP contribution in [0, 0.1) is 0 Å². The zero-order valence-electron chi connectivity index (χ0n) is 23.9. The van der Waals surface area contributed by atoms with Gasteiger partial charge in [-0.15, -0.1) is 0 Å². The van der Waals surface area contributed by atoms with E-state index in [1.807, 2.05) is 0 Å². The molecule has 0 heterocycles. The minimum absolute atomic E-state index is 0.102. The normalized spacial score (nSPS) is 13.6. The monoisotopic (exact) mass is 610 g/mol. The minimum atomic E-state index is -10.7. The van der Waals surface area contributed by atoms with Gasteiger partial charge < -0.3 is 10.2 Å². The summed E-state index contributed by atoms with van der Waals surface area (Å²) >= 11 is 0. The first-order valence-corrected chi connectivity index (χ1v) is 18.5. The molecule has 0 bridgehead atoms. The van der Waals surface area contributed by atoms with Gasteiger partial charge in [-0.25, -0.2) is 0 Å². The number of aliphatic hydroxyl groups excluding tert-OH is 2. The van der Waals surface area contributed by atoms with Crippen molar-refractivity contribution in [2.75, 3.05) is 24.7 Å². The molecular weight excluding hydrogens is 557 g/mol. The van der Waals surface area contributed by atoms with Crippen molar-refractivity contribution in [3.05, 3.63) is 35.4 Å². The van der Waals surface area contributed by atoms with Crippen LogP contribution in [0.15, 0.2) is 24.3 Å². The van der Waals surface area contributed by atoms with Crippen LogP contribution < -0.4 is 0 Å². The summed E-state index contributed by atoms with van der Waals surface area (Å²) < 4.78 is 59.2. The van der Waals surface area contributed by atoms with Gasteiger partial charge in [-0.2, -0.15) is 0 Å². The van der Waals surface area contributed by atoms with Crippen molar-refractivity contribution in [2.45, 2.75) is 122 Å². The van der Waals surface area contributed by atoms with E-state index < -0.39 is 7.81 Å². The van der Waals surface area contributed by atoms with Crippen LogP contribution in [-0.4, -0.2) is 34.9 Å². The van der Waals surface area contributed by atoms with Gasteiger partial charge in [0.1, 0.15) is 17.3 Å². The number of halogens is 6. The number of aliphatic hydroxyl groups is 2. The molecule has 0 amide bonds. The van der Waals surface area contributed by atoms with Gasteiger partial charge in [0.05, 0.1) is 13.2 Å². The molecule has 1 rings (SSSR count). The summed E-state index contributed by atoms with van der Waals surface area (Å²) in [6, 6.07) is 9.05. The molecule has 0 saturated carbocycles. The Labute approximate surface area is 235 Å². The first-order chi connectivity index (χ1) is 18.2. The summed E-state index contributed by atoms with van der Waals surface area (Å²) in [6.45, 7) is 2.74. The van der Waals surface area contributed by atoms with Gasteiger partial charge in [-0.05, 0) is 29.3 Å². The molecule has 0 aliphatic heterocycles. The first kappa shape index (κ1) is 38.5. The van der Waals surface area contributed by atoms with Crippen LogP contribution in [-0.2, 0) is 23.1 Å². The van der Waals surface area contributed by atoms with Crippen LogP contribution >= 0.6 is 7.81 Å². The van der Waals surface area contributed by atoms with Crippen LogP contribution in [0.25, 0.3) is 0 Å². The average Bonchev–Trinajstić information content (AvgIpc) is 2.83. The predicted octanol–water partition coefficient (Wildman–Crippen LogP) is 11.0. The fraction of sp³-hybridized carbons (Fsp3) is 0.793. The van der Waals surface area contributed by atoms with Gasteiger partial charge >= 0.3 is 33.0 Å². The molecule has 1 aromatic rings. The second-order valence-electron chi connectivity index (χ2n) is 10.4. The summed E-state index contributed by atoms with van der Waals surface area (Å²) in [5.41, 5.74) is 2.79. The average molecular weight is 611 g/mol. The molecular formula is C29H53F6O2PS. The van der Waals surface area contributed by atoms with E-state index in [9.17, 15) is 35.4 Å². The fourth-order valence-electron chi connectivity index (χ4n) is 4.42. The number of hydrogen-bond acceptors (Lipinski definition) is 2. The quantitative estimate of drug-likeness (QED) is 0.0560. The summed E-state index contributed by atoms with van der Waals surface area (Å²) in [7, 11) is -10.6. The van der Waals surface area contributed by atoms with E-state index in [0.717, 1.165) is 17.3 Å². The predicted molar refractivity (Wildman–Crippen MR) is 158 cm³/mol. The van der Waals surface area contributed by atoms with Crippen LogP contribution in [0.4, 0.5) is 25.2 Å². The summed E-state index contributed by atoms with van der Waals surface area (Å²) in [4.78, 5) is 0. The van der Waals surface area contributed by atoms with Crippen LogP contribution in [0.1, 0.15) is 121 Å². The second-order valence-corrected chi connectivity index (χ2v) is 14.7. The topological polar surface area (TPSA) is 40.5 Å². The summed E-state index contributed by atoms with van der Waals surface area (Å²) in [5, 5.41) is 18.4. The van der Waals surface area contributed by atoms with E-state index in [-0.39, 0.29) is 24.1 Å². The zero-order chi connectivity index (χ0) is 29.5.